The summed E-state index contributed by atoms with van der Waals surface area (Å²) in [6, 6.07) is 5.37. The van der Waals surface area contributed by atoms with Crippen molar-refractivity contribution >= 4 is 5.97 Å². The highest BCUT2D eigenvalue weighted by atomic mass is 16.5. The van der Waals surface area contributed by atoms with E-state index in [9.17, 15) is 9.90 Å². The van der Waals surface area contributed by atoms with Gasteiger partial charge in [-0.25, -0.2) is 0 Å². The van der Waals surface area contributed by atoms with Crippen molar-refractivity contribution in [1.29, 1.82) is 0 Å². The molecule has 80 valence electrons. The number of esters is 1. The summed E-state index contributed by atoms with van der Waals surface area (Å²) in [5, 5.41) is 9.50. The molecule has 1 aromatic carbocycles. The average molecular weight is 206 g/mol. The van der Waals surface area contributed by atoms with Crippen molar-refractivity contribution < 1.29 is 14.6 Å². The molecule has 1 N–H and O–H groups in total. The Labute approximate surface area is 88.7 Å². The van der Waals surface area contributed by atoms with Crippen LogP contribution < -0.4 is 0 Å². The third-order valence-electron chi connectivity index (χ3n) is 2.62. The van der Waals surface area contributed by atoms with E-state index in [4.69, 9.17) is 0 Å². The lowest BCUT2D eigenvalue weighted by atomic mass is 10.0. The molecule has 0 radical (unpaired) electrons. The molecule has 0 spiro atoms. The lowest BCUT2D eigenvalue weighted by Gasteiger charge is -2.05. The van der Waals surface area contributed by atoms with Gasteiger partial charge < -0.3 is 9.84 Å². The Morgan fingerprint density at radius 3 is 2.80 bits per heavy atom. The van der Waals surface area contributed by atoms with Crippen molar-refractivity contribution in [1.82, 2.24) is 0 Å². The number of phenolic OH excluding ortho intramolecular Hbond substituents is 1. The van der Waals surface area contributed by atoms with E-state index in [0.29, 0.717) is 5.92 Å². The molecule has 1 aliphatic rings. The summed E-state index contributed by atoms with van der Waals surface area (Å²) in [5.74, 6) is 0.536. The number of phenols is 1. The number of carbonyl (C=O) groups is 1. The number of hydrogen-bond donors (Lipinski definition) is 1. The smallest absolute Gasteiger partial charge is 0.309 e. The number of aromatic hydroxyl groups is 1. The van der Waals surface area contributed by atoms with E-state index in [1.54, 1.807) is 12.1 Å². The molecule has 0 aromatic heterocycles. The molecule has 1 saturated carbocycles. The molecule has 0 bridgehead atoms. The van der Waals surface area contributed by atoms with Gasteiger partial charge in [-0.1, -0.05) is 6.07 Å². The van der Waals surface area contributed by atoms with Crippen LogP contribution in [0.3, 0.4) is 0 Å². The van der Waals surface area contributed by atoms with Crippen molar-refractivity contribution in [3.8, 4) is 5.75 Å². The first-order valence-electron chi connectivity index (χ1n) is 5.08. The molecule has 0 aliphatic heterocycles. The molecule has 0 heterocycles. The van der Waals surface area contributed by atoms with Crippen LogP contribution >= 0.6 is 0 Å². The predicted octanol–water partition coefficient (Wildman–Crippen LogP) is 1.99. The number of ether oxygens (including phenoxy) is 1. The molecule has 0 atom stereocenters. The summed E-state index contributed by atoms with van der Waals surface area (Å²) in [4.78, 5) is 11.1. The summed E-state index contributed by atoms with van der Waals surface area (Å²) in [6.07, 6.45) is 2.59. The molecule has 1 fully saturated rings. The quantitative estimate of drug-likeness (QED) is 0.769. The van der Waals surface area contributed by atoms with Crippen LogP contribution in [0.1, 0.15) is 29.9 Å². The first-order valence-corrected chi connectivity index (χ1v) is 5.08. The van der Waals surface area contributed by atoms with E-state index < -0.39 is 0 Å². The minimum atomic E-state index is -0.276. The van der Waals surface area contributed by atoms with Gasteiger partial charge in [-0.15, -0.1) is 0 Å². The molecule has 3 heteroatoms. The minimum absolute atomic E-state index is 0.227. The molecule has 0 amide bonds. The highest BCUT2D eigenvalue weighted by molar-refractivity contribution is 5.72. The highest BCUT2D eigenvalue weighted by Gasteiger charge is 2.24. The Morgan fingerprint density at radius 1 is 1.47 bits per heavy atom. The van der Waals surface area contributed by atoms with Gasteiger partial charge in [0, 0.05) is 0 Å². The first-order chi connectivity index (χ1) is 7.19. The Kier molecular flexibility index (Phi) is 2.62. The summed E-state index contributed by atoms with van der Waals surface area (Å²) in [7, 11) is 1.37. The Morgan fingerprint density at radius 2 is 2.20 bits per heavy atom. The van der Waals surface area contributed by atoms with Crippen molar-refractivity contribution in [3.63, 3.8) is 0 Å². The highest BCUT2D eigenvalue weighted by Crippen LogP contribution is 2.41. The van der Waals surface area contributed by atoms with E-state index in [-0.39, 0.29) is 18.1 Å². The van der Waals surface area contributed by atoms with Crippen LogP contribution in [0, 0.1) is 0 Å². The van der Waals surface area contributed by atoms with Crippen LogP contribution in [0.5, 0.6) is 5.75 Å². The van der Waals surface area contributed by atoms with Gasteiger partial charge in [0.2, 0.25) is 0 Å². The zero-order valence-corrected chi connectivity index (χ0v) is 8.69. The maximum atomic E-state index is 11.1. The topological polar surface area (TPSA) is 46.5 Å². The largest absolute Gasteiger partial charge is 0.508 e. The van der Waals surface area contributed by atoms with Gasteiger partial charge in [0.1, 0.15) is 5.75 Å². The Hall–Kier alpha value is -1.51. The number of hydrogen-bond acceptors (Lipinski definition) is 3. The van der Waals surface area contributed by atoms with Crippen molar-refractivity contribution in [2.45, 2.75) is 25.2 Å². The fourth-order valence-electron chi connectivity index (χ4n) is 1.69. The maximum absolute atomic E-state index is 11.1. The van der Waals surface area contributed by atoms with Crippen LogP contribution in [0.2, 0.25) is 0 Å². The van der Waals surface area contributed by atoms with Crippen LogP contribution in [0.25, 0.3) is 0 Å². The molecule has 1 aliphatic carbocycles. The van der Waals surface area contributed by atoms with E-state index in [0.717, 1.165) is 11.1 Å². The van der Waals surface area contributed by atoms with Crippen molar-refractivity contribution in [2.75, 3.05) is 7.11 Å². The predicted molar refractivity (Wildman–Crippen MR) is 55.8 cm³/mol. The van der Waals surface area contributed by atoms with Gasteiger partial charge in [0.05, 0.1) is 13.5 Å². The van der Waals surface area contributed by atoms with Gasteiger partial charge in [-0.3, -0.25) is 4.79 Å². The molecule has 2 rings (SSSR count). The second-order valence-corrected chi connectivity index (χ2v) is 3.96. The molecular weight excluding hydrogens is 192 g/mol. The number of carbonyl (C=O) groups excluding carboxylic acids is 1. The van der Waals surface area contributed by atoms with Gasteiger partial charge >= 0.3 is 5.97 Å². The SMILES string of the molecule is COC(=O)Cc1cc(O)cc(C2CC2)c1. The van der Waals surface area contributed by atoms with Crippen molar-refractivity contribution in [3.05, 3.63) is 29.3 Å². The number of benzene rings is 1. The van der Waals surface area contributed by atoms with Gasteiger partial charge in [-0.05, 0) is 42.0 Å². The van der Waals surface area contributed by atoms with Gasteiger partial charge in [0.15, 0.2) is 0 Å². The lowest BCUT2D eigenvalue weighted by molar-refractivity contribution is -0.139. The van der Waals surface area contributed by atoms with Crippen LogP contribution in [-0.4, -0.2) is 18.2 Å². The molecule has 0 saturated heterocycles. The lowest BCUT2D eigenvalue weighted by Crippen LogP contribution is -2.04. The van der Waals surface area contributed by atoms with Crippen LogP contribution in [-0.2, 0) is 16.0 Å². The zero-order valence-electron chi connectivity index (χ0n) is 8.69. The van der Waals surface area contributed by atoms with Crippen LogP contribution in [0.4, 0.5) is 0 Å². The molecular formula is C12H14O3. The summed E-state index contributed by atoms with van der Waals surface area (Å²) < 4.78 is 4.59. The van der Waals surface area contributed by atoms with Gasteiger partial charge in [0.25, 0.3) is 0 Å². The first kappa shape index (κ1) is 10.0. The average Bonchev–Trinajstić information content (AvgIpc) is 2.99. The Balaban J connectivity index is 2.19. The molecule has 3 nitrogen and oxygen atoms in total. The third-order valence-corrected chi connectivity index (χ3v) is 2.62. The monoisotopic (exact) mass is 206 g/mol. The van der Waals surface area contributed by atoms with E-state index in [1.165, 1.54) is 20.0 Å². The Bertz CT molecular complexity index is 380. The summed E-state index contributed by atoms with van der Waals surface area (Å²) >= 11 is 0. The molecule has 15 heavy (non-hydrogen) atoms. The summed E-state index contributed by atoms with van der Waals surface area (Å²) in [5.41, 5.74) is 1.96. The van der Waals surface area contributed by atoms with Crippen LogP contribution in [0.15, 0.2) is 18.2 Å². The van der Waals surface area contributed by atoms with Crippen molar-refractivity contribution in [2.24, 2.45) is 0 Å². The molecule has 0 unspecified atom stereocenters. The second kappa shape index (κ2) is 3.93. The standard InChI is InChI=1S/C12H14O3/c1-15-12(14)6-8-4-10(9-2-3-9)7-11(13)5-8/h4-5,7,9,13H,2-3,6H2,1H3. The summed E-state index contributed by atoms with van der Waals surface area (Å²) in [6.45, 7) is 0. The fourth-order valence-corrected chi connectivity index (χ4v) is 1.69. The third kappa shape index (κ3) is 2.49. The number of rotatable bonds is 3. The normalized spacial score (nSPS) is 15.0. The van der Waals surface area contributed by atoms with E-state index >= 15 is 0 Å². The molecule has 1 aromatic rings. The van der Waals surface area contributed by atoms with E-state index in [1.807, 2.05) is 6.07 Å². The minimum Gasteiger partial charge on any atom is -0.508 e. The maximum Gasteiger partial charge on any atom is 0.309 e. The number of methoxy groups -OCH3 is 1. The van der Waals surface area contributed by atoms with Gasteiger partial charge in [-0.2, -0.15) is 0 Å². The second-order valence-electron chi connectivity index (χ2n) is 3.96. The zero-order chi connectivity index (χ0) is 10.8. The van der Waals surface area contributed by atoms with E-state index in [2.05, 4.69) is 4.74 Å². The fraction of sp³-hybridized carbons (Fsp3) is 0.417.